The summed E-state index contributed by atoms with van der Waals surface area (Å²) in [6.45, 7) is 6.34. The van der Waals surface area contributed by atoms with Crippen LogP contribution in [0.1, 0.15) is 33.6 Å². The molecule has 1 rings (SSSR count). The molecule has 6 nitrogen and oxygen atoms in total. The smallest absolute Gasteiger partial charge is 0.407 e. The Morgan fingerprint density at radius 1 is 1.44 bits per heavy atom. The van der Waals surface area contributed by atoms with Gasteiger partial charge in [-0.15, -0.1) is 0 Å². The summed E-state index contributed by atoms with van der Waals surface area (Å²) in [5.74, 6) is -0.497. The van der Waals surface area contributed by atoms with Crippen molar-refractivity contribution in [3.05, 3.63) is 0 Å². The summed E-state index contributed by atoms with van der Waals surface area (Å²) in [6.07, 6.45) is 0.204. The number of primary amides is 1. The molecule has 1 fully saturated rings. The van der Waals surface area contributed by atoms with Crippen LogP contribution in [-0.2, 0) is 9.53 Å². The zero-order valence-electron chi connectivity index (χ0n) is 11.2. The van der Waals surface area contributed by atoms with Gasteiger partial charge in [0.15, 0.2) is 0 Å². The van der Waals surface area contributed by atoms with Crippen molar-refractivity contribution in [1.29, 1.82) is 0 Å². The summed E-state index contributed by atoms with van der Waals surface area (Å²) in [5, 5.41) is 9.19. The molecule has 0 aromatic heterocycles. The van der Waals surface area contributed by atoms with E-state index < -0.39 is 12.0 Å². The fourth-order valence-electron chi connectivity index (χ4n) is 2.33. The molecule has 0 radical (unpaired) electrons. The van der Waals surface area contributed by atoms with Gasteiger partial charge in [0, 0.05) is 12.6 Å². The molecule has 3 N–H and O–H groups in total. The molecule has 2 atom stereocenters. The van der Waals surface area contributed by atoms with Crippen molar-refractivity contribution in [2.75, 3.05) is 13.2 Å². The molecule has 0 bridgehead atoms. The van der Waals surface area contributed by atoms with Crippen molar-refractivity contribution in [3.63, 3.8) is 0 Å². The average molecular weight is 258 g/mol. The molecule has 18 heavy (non-hydrogen) atoms. The SMILES string of the molecule is CC(C)(C)C1CC(OCC(N)=O)CCN1C(=O)O. The van der Waals surface area contributed by atoms with Gasteiger partial charge in [-0.1, -0.05) is 20.8 Å². The van der Waals surface area contributed by atoms with Gasteiger partial charge in [0.1, 0.15) is 6.61 Å². The first kappa shape index (κ1) is 14.8. The van der Waals surface area contributed by atoms with Gasteiger partial charge in [-0.05, 0) is 18.3 Å². The van der Waals surface area contributed by atoms with Crippen LogP contribution in [-0.4, -0.2) is 47.3 Å². The summed E-state index contributed by atoms with van der Waals surface area (Å²) in [7, 11) is 0. The number of hydrogen-bond acceptors (Lipinski definition) is 3. The Hall–Kier alpha value is -1.30. The lowest BCUT2D eigenvalue weighted by Gasteiger charge is -2.44. The average Bonchev–Trinajstić information content (AvgIpc) is 2.24. The predicted octanol–water partition coefficient (Wildman–Crippen LogP) is 1.05. The van der Waals surface area contributed by atoms with E-state index in [9.17, 15) is 14.7 Å². The maximum Gasteiger partial charge on any atom is 0.407 e. The van der Waals surface area contributed by atoms with Crippen LogP contribution in [0.15, 0.2) is 0 Å². The van der Waals surface area contributed by atoms with Crippen molar-refractivity contribution < 1.29 is 19.4 Å². The zero-order chi connectivity index (χ0) is 13.9. The number of carboxylic acid groups (broad SMARTS) is 1. The first-order chi connectivity index (χ1) is 8.21. The minimum Gasteiger partial charge on any atom is -0.465 e. The highest BCUT2D eigenvalue weighted by Gasteiger charge is 2.39. The van der Waals surface area contributed by atoms with E-state index in [1.807, 2.05) is 20.8 Å². The second kappa shape index (κ2) is 5.56. The van der Waals surface area contributed by atoms with E-state index in [-0.39, 0.29) is 24.2 Å². The number of rotatable bonds is 3. The molecular formula is C12H22N2O4. The number of nitrogens with zero attached hydrogens (tertiary/aromatic N) is 1. The molecule has 0 aromatic rings. The van der Waals surface area contributed by atoms with E-state index in [0.717, 1.165) is 0 Å². The van der Waals surface area contributed by atoms with Crippen LogP contribution in [0.5, 0.6) is 0 Å². The molecule has 104 valence electrons. The van der Waals surface area contributed by atoms with E-state index in [1.54, 1.807) is 0 Å². The molecule has 1 saturated heterocycles. The van der Waals surface area contributed by atoms with Crippen molar-refractivity contribution >= 4 is 12.0 Å². The maximum atomic E-state index is 11.2. The molecule has 0 saturated carbocycles. The van der Waals surface area contributed by atoms with Crippen molar-refractivity contribution in [2.45, 2.75) is 45.8 Å². The third-order valence-electron chi connectivity index (χ3n) is 3.26. The van der Waals surface area contributed by atoms with Gasteiger partial charge in [-0.2, -0.15) is 0 Å². The van der Waals surface area contributed by atoms with E-state index in [1.165, 1.54) is 4.90 Å². The Morgan fingerprint density at radius 3 is 2.50 bits per heavy atom. The first-order valence-electron chi connectivity index (χ1n) is 6.11. The molecule has 1 heterocycles. The maximum absolute atomic E-state index is 11.2. The fourth-order valence-corrected chi connectivity index (χ4v) is 2.33. The standard InChI is InChI=1S/C12H22N2O4/c1-12(2,3)9-6-8(18-7-10(13)15)4-5-14(9)11(16)17/h8-9H,4-7H2,1-3H3,(H2,13,15)(H,16,17). The number of piperidine rings is 1. The van der Waals surface area contributed by atoms with Gasteiger partial charge < -0.3 is 20.5 Å². The van der Waals surface area contributed by atoms with Gasteiger partial charge in [0.25, 0.3) is 0 Å². The second-order valence-corrected chi connectivity index (χ2v) is 5.78. The molecule has 0 aromatic carbocycles. The first-order valence-corrected chi connectivity index (χ1v) is 6.11. The molecule has 0 spiro atoms. The number of hydrogen-bond donors (Lipinski definition) is 2. The predicted molar refractivity (Wildman–Crippen MR) is 66.1 cm³/mol. The van der Waals surface area contributed by atoms with Crippen molar-refractivity contribution in [1.82, 2.24) is 4.90 Å². The number of carbonyl (C=O) groups is 2. The lowest BCUT2D eigenvalue weighted by atomic mass is 9.80. The summed E-state index contributed by atoms with van der Waals surface area (Å²) in [6, 6.07) is -0.110. The van der Waals surface area contributed by atoms with E-state index >= 15 is 0 Å². The Bertz CT molecular complexity index is 325. The number of carbonyl (C=O) groups excluding carboxylic acids is 1. The van der Waals surface area contributed by atoms with E-state index in [2.05, 4.69) is 0 Å². The molecular weight excluding hydrogens is 236 g/mol. The van der Waals surface area contributed by atoms with Crippen LogP contribution in [0.25, 0.3) is 0 Å². The summed E-state index contributed by atoms with van der Waals surface area (Å²) >= 11 is 0. The zero-order valence-corrected chi connectivity index (χ0v) is 11.2. The van der Waals surface area contributed by atoms with Crippen molar-refractivity contribution in [2.24, 2.45) is 11.1 Å². The number of ether oxygens (including phenoxy) is 1. The van der Waals surface area contributed by atoms with Gasteiger partial charge in [0.2, 0.25) is 5.91 Å². The van der Waals surface area contributed by atoms with Crippen LogP contribution >= 0.6 is 0 Å². The molecule has 1 aliphatic heterocycles. The summed E-state index contributed by atoms with van der Waals surface area (Å²) in [4.78, 5) is 23.3. The van der Waals surface area contributed by atoms with Crippen molar-refractivity contribution in [3.8, 4) is 0 Å². The Morgan fingerprint density at radius 2 is 2.06 bits per heavy atom. The van der Waals surface area contributed by atoms with Gasteiger partial charge >= 0.3 is 6.09 Å². The fraction of sp³-hybridized carbons (Fsp3) is 0.833. The highest BCUT2D eigenvalue weighted by Crippen LogP contribution is 2.33. The highest BCUT2D eigenvalue weighted by atomic mass is 16.5. The van der Waals surface area contributed by atoms with Crippen LogP contribution in [0.2, 0.25) is 0 Å². The normalized spacial score (nSPS) is 24.9. The monoisotopic (exact) mass is 258 g/mol. The molecule has 1 aliphatic rings. The molecule has 2 unspecified atom stereocenters. The topological polar surface area (TPSA) is 92.9 Å². The number of amides is 2. The van der Waals surface area contributed by atoms with Crippen LogP contribution in [0, 0.1) is 5.41 Å². The van der Waals surface area contributed by atoms with E-state index in [4.69, 9.17) is 10.5 Å². The minimum absolute atomic E-state index is 0.0997. The van der Waals surface area contributed by atoms with Crippen LogP contribution in [0.3, 0.4) is 0 Å². The largest absolute Gasteiger partial charge is 0.465 e. The quantitative estimate of drug-likeness (QED) is 0.791. The van der Waals surface area contributed by atoms with Gasteiger partial charge in [-0.25, -0.2) is 4.79 Å². The highest BCUT2D eigenvalue weighted by molar-refractivity contribution is 5.75. The van der Waals surface area contributed by atoms with Gasteiger partial charge in [-0.3, -0.25) is 4.79 Å². The molecule has 6 heteroatoms. The molecule has 0 aliphatic carbocycles. The van der Waals surface area contributed by atoms with Crippen LogP contribution in [0.4, 0.5) is 4.79 Å². The molecule has 2 amide bonds. The Kier molecular flexibility index (Phi) is 4.56. The lowest BCUT2D eigenvalue weighted by molar-refractivity contribution is -0.126. The third-order valence-corrected chi connectivity index (χ3v) is 3.26. The number of nitrogens with two attached hydrogens (primary N) is 1. The van der Waals surface area contributed by atoms with Crippen LogP contribution < -0.4 is 5.73 Å². The second-order valence-electron chi connectivity index (χ2n) is 5.78. The van der Waals surface area contributed by atoms with E-state index in [0.29, 0.717) is 19.4 Å². The Labute approximate surface area is 107 Å². The summed E-state index contributed by atoms with van der Waals surface area (Å²) in [5.41, 5.74) is 4.88. The third kappa shape index (κ3) is 3.87. The minimum atomic E-state index is -0.900. The van der Waals surface area contributed by atoms with Gasteiger partial charge in [0.05, 0.1) is 6.10 Å². The number of likely N-dealkylation sites (tertiary alicyclic amines) is 1. The lowest BCUT2D eigenvalue weighted by Crippen LogP contribution is -2.53. The summed E-state index contributed by atoms with van der Waals surface area (Å²) < 4.78 is 5.40. The Balaban J connectivity index is 2.68.